The van der Waals surface area contributed by atoms with Crippen LogP contribution in [0.3, 0.4) is 0 Å². The van der Waals surface area contributed by atoms with Gasteiger partial charge in [0.1, 0.15) is 5.52 Å². The number of rotatable bonds is 4. The molecule has 1 saturated heterocycles. The summed E-state index contributed by atoms with van der Waals surface area (Å²) in [6, 6.07) is 15.6. The van der Waals surface area contributed by atoms with Crippen molar-refractivity contribution in [3.63, 3.8) is 0 Å². The third-order valence-electron chi connectivity index (χ3n) is 6.13. The smallest absolute Gasteiger partial charge is 0.294 e. The largest absolute Gasteiger partial charge is 0.350 e. The minimum absolute atomic E-state index is 0. The first-order chi connectivity index (χ1) is 15.2. The Kier molecular flexibility index (Phi) is 6.97. The Hall–Kier alpha value is -3.15. The first-order valence-corrected chi connectivity index (χ1v) is 11.2. The van der Waals surface area contributed by atoms with Gasteiger partial charge in [-0.2, -0.15) is 0 Å². The molecule has 31 heavy (non-hydrogen) atoms. The standard InChI is InChI=1S/C20H20N2O2.C5H9NO.H2/c23-20(19-17-8-4-5-9-18(17)22-24-19)21-16-12-10-15(11-13-16)14-6-2-1-3-7-14;7-5-6-3-1-2-4-6;/h4-5,8-14H,1-3,6-7H2,(H,21,23);5H,1-4H2;1H. The van der Waals surface area contributed by atoms with Crippen LogP contribution in [0.2, 0.25) is 0 Å². The van der Waals surface area contributed by atoms with Crippen molar-refractivity contribution in [2.45, 2.75) is 50.9 Å². The summed E-state index contributed by atoms with van der Waals surface area (Å²) >= 11 is 0. The highest BCUT2D eigenvalue weighted by molar-refractivity contribution is 6.10. The van der Waals surface area contributed by atoms with Crippen LogP contribution in [0.15, 0.2) is 53.1 Å². The summed E-state index contributed by atoms with van der Waals surface area (Å²) < 4.78 is 5.21. The van der Waals surface area contributed by atoms with Gasteiger partial charge in [0.25, 0.3) is 5.91 Å². The topological polar surface area (TPSA) is 75.4 Å². The van der Waals surface area contributed by atoms with Crippen LogP contribution in [0.1, 0.15) is 68.4 Å². The quantitative estimate of drug-likeness (QED) is 0.555. The summed E-state index contributed by atoms with van der Waals surface area (Å²) in [5, 5.41) is 7.55. The fraction of sp³-hybridized carbons (Fsp3) is 0.400. The van der Waals surface area contributed by atoms with Gasteiger partial charge in [0.15, 0.2) is 0 Å². The lowest BCUT2D eigenvalue weighted by atomic mass is 9.84. The lowest BCUT2D eigenvalue weighted by Crippen LogP contribution is -2.15. The zero-order valence-electron chi connectivity index (χ0n) is 17.8. The van der Waals surface area contributed by atoms with Crippen molar-refractivity contribution in [3.8, 4) is 0 Å². The number of aromatic nitrogens is 1. The van der Waals surface area contributed by atoms with Gasteiger partial charge in [-0.05, 0) is 61.4 Å². The molecule has 2 aromatic carbocycles. The van der Waals surface area contributed by atoms with E-state index < -0.39 is 0 Å². The van der Waals surface area contributed by atoms with E-state index in [0.29, 0.717) is 11.4 Å². The average molecular weight is 422 g/mol. The summed E-state index contributed by atoms with van der Waals surface area (Å²) in [7, 11) is 0. The number of hydrogen-bond donors (Lipinski definition) is 1. The number of fused-ring (bicyclic) bond motifs is 1. The van der Waals surface area contributed by atoms with Gasteiger partial charge >= 0.3 is 0 Å². The molecular weight excluding hydrogens is 390 g/mol. The maximum absolute atomic E-state index is 12.4. The molecule has 2 amide bonds. The monoisotopic (exact) mass is 421 g/mol. The first kappa shape index (κ1) is 21.1. The number of nitrogens with zero attached hydrogens (tertiary/aromatic N) is 2. The number of anilines is 1. The minimum atomic E-state index is -0.269. The highest BCUT2D eigenvalue weighted by atomic mass is 16.5. The van der Waals surface area contributed by atoms with Crippen LogP contribution in [0, 0.1) is 0 Å². The molecule has 0 spiro atoms. The normalized spacial score (nSPS) is 16.6. The Bertz CT molecular complexity index is 1010. The highest BCUT2D eigenvalue weighted by Gasteiger charge is 2.18. The number of nitrogens with one attached hydrogen (secondary N) is 1. The Balaban J connectivity index is 0.000000311. The Morgan fingerprint density at radius 3 is 2.39 bits per heavy atom. The van der Waals surface area contributed by atoms with Crippen LogP contribution >= 0.6 is 0 Å². The van der Waals surface area contributed by atoms with Gasteiger partial charge < -0.3 is 14.7 Å². The molecule has 2 heterocycles. The number of carbonyl (C=O) groups is 2. The molecule has 0 atom stereocenters. The van der Waals surface area contributed by atoms with Gasteiger partial charge in [-0.25, -0.2) is 0 Å². The average Bonchev–Trinajstić information content (AvgIpc) is 3.51. The predicted octanol–water partition coefficient (Wildman–Crippen LogP) is 5.61. The van der Waals surface area contributed by atoms with Crippen LogP contribution in [-0.2, 0) is 4.79 Å². The Labute approximate surface area is 184 Å². The van der Waals surface area contributed by atoms with Gasteiger partial charge in [-0.15, -0.1) is 0 Å². The van der Waals surface area contributed by atoms with E-state index >= 15 is 0 Å². The molecule has 1 N–H and O–H groups in total. The molecule has 0 unspecified atom stereocenters. The fourth-order valence-electron chi connectivity index (χ4n) is 4.36. The summed E-state index contributed by atoms with van der Waals surface area (Å²) in [5.41, 5.74) is 2.84. The molecule has 6 nitrogen and oxygen atoms in total. The molecule has 0 bridgehead atoms. The van der Waals surface area contributed by atoms with Crippen LogP contribution in [0.5, 0.6) is 0 Å². The minimum Gasteiger partial charge on any atom is -0.350 e. The van der Waals surface area contributed by atoms with E-state index in [1.165, 1.54) is 50.5 Å². The van der Waals surface area contributed by atoms with Crippen molar-refractivity contribution in [2.75, 3.05) is 18.4 Å². The van der Waals surface area contributed by atoms with Crippen LogP contribution in [-0.4, -0.2) is 35.5 Å². The third-order valence-corrected chi connectivity index (χ3v) is 6.13. The molecular formula is C25H31N3O3. The van der Waals surface area contributed by atoms with Crippen molar-refractivity contribution in [2.24, 2.45) is 0 Å². The molecule has 6 heteroatoms. The van der Waals surface area contributed by atoms with E-state index in [1.54, 1.807) is 4.90 Å². The van der Waals surface area contributed by atoms with Crippen LogP contribution < -0.4 is 5.32 Å². The lowest BCUT2D eigenvalue weighted by molar-refractivity contribution is -0.117. The second-order valence-electron chi connectivity index (χ2n) is 8.29. The maximum Gasteiger partial charge on any atom is 0.294 e. The van der Waals surface area contributed by atoms with E-state index in [1.807, 2.05) is 36.4 Å². The fourth-order valence-corrected chi connectivity index (χ4v) is 4.36. The molecule has 0 radical (unpaired) electrons. The number of hydrogen-bond acceptors (Lipinski definition) is 4. The molecule has 2 aliphatic rings. The second-order valence-corrected chi connectivity index (χ2v) is 8.29. The molecule has 5 rings (SSSR count). The van der Waals surface area contributed by atoms with E-state index in [0.717, 1.165) is 30.6 Å². The molecule has 164 valence electrons. The summed E-state index contributed by atoms with van der Waals surface area (Å²) in [6.45, 7) is 1.95. The third kappa shape index (κ3) is 5.32. The van der Waals surface area contributed by atoms with E-state index in [-0.39, 0.29) is 13.1 Å². The van der Waals surface area contributed by atoms with Crippen molar-refractivity contribution in [1.29, 1.82) is 0 Å². The summed E-state index contributed by atoms with van der Waals surface area (Å²) in [6.07, 6.45) is 9.86. The molecule has 3 aromatic rings. The highest BCUT2D eigenvalue weighted by Crippen LogP contribution is 2.33. The SMILES string of the molecule is O=C(Nc1ccc(C2CCCCC2)cc1)c1onc2ccccc12.O=CN1CCCC1.[HH]. The zero-order valence-corrected chi connectivity index (χ0v) is 17.8. The number of likely N-dealkylation sites (tertiary alicyclic amines) is 1. The van der Waals surface area contributed by atoms with Crippen molar-refractivity contribution in [3.05, 3.63) is 59.9 Å². The Morgan fingerprint density at radius 1 is 1.00 bits per heavy atom. The maximum atomic E-state index is 12.4. The number of benzene rings is 2. The van der Waals surface area contributed by atoms with Gasteiger partial charge in [-0.3, -0.25) is 9.59 Å². The van der Waals surface area contributed by atoms with E-state index in [4.69, 9.17) is 4.52 Å². The molecule has 1 saturated carbocycles. The number of carbonyl (C=O) groups excluding carboxylic acids is 2. The molecule has 1 aromatic heterocycles. The second kappa shape index (κ2) is 10.2. The van der Waals surface area contributed by atoms with Gasteiger partial charge in [0, 0.05) is 20.2 Å². The first-order valence-electron chi connectivity index (χ1n) is 11.2. The molecule has 2 fully saturated rings. The zero-order chi connectivity index (χ0) is 21.5. The van der Waals surface area contributed by atoms with Gasteiger partial charge in [0.05, 0.1) is 5.39 Å². The van der Waals surface area contributed by atoms with Crippen LogP contribution in [0.4, 0.5) is 5.69 Å². The van der Waals surface area contributed by atoms with Gasteiger partial charge in [-0.1, -0.05) is 48.7 Å². The lowest BCUT2D eigenvalue weighted by Gasteiger charge is -2.22. The van der Waals surface area contributed by atoms with E-state index in [9.17, 15) is 9.59 Å². The summed E-state index contributed by atoms with van der Waals surface area (Å²) in [5.74, 6) is 0.651. The van der Waals surface area contributed by atoms with Gasteiger partial charge in [0.2, 0.25) is 12.2 Å². The molecule has 1 aliphatic carbocycles. The van der Waals surface area contributed by atoms with Crippen LogP contribution in [0.25, 0.3) is 10.9 Å². The van der Waals surface area contributed by atoms with Crippen molar-refractivity contribution in [1.82, 2.24) is 10.1 Å². The van der Waals surface area contributed by atoms with E-state index in [2.05, 4.69) is 22.6 Å². The van der Waals surface area contributed by atoms with Crippen molar-refractivity contribution >= 4 is 28.9 Å². The number of amides is 2. The summed E-state index contributed by atoms with van der Waals surface area (Å²) in [4.78, 5) is 24.2. The molecule has 1 aliphatic heterocycles. The Morgan fingerprint density at radius 2 is 1.71 bits per heavy atom. The predicted molar refractivity (Wildman–Crippen MR) is 123 cm³/mol. The van der Waals surface area contributed by atoms with Crippen molar-refractivity contribution < 1.29 is 15.5 Å².